The van der Waals surface area contributed by atoms with Gasteiger partial charge in [-0.25, -0.2) is 19.6 Å². The lowest BCUT2D eigenvalue weighted by atomic mass is 9.90. The number of anilines is 4. The molecule has 15 nitrogen and oxygen atoms in total. The number of rotatable bonds is 4. The molecule has 0 aliphatic carbocycles. The van der Waals surface area contributed by atoms with Crippen molar-refractivity contribution >= 4 is 106 Å². The van der Waals surface area contributed by atoms with E-state index in [1.165, 1.54) is 47.1 Å². The number of benzene rings is 6. The Hall–Kier alpha value is -8.09. The van der Waals surface area contributed by atoms with Crippen molar-refractivity contribution in [2.24, 2.45) is 9.98 Å². The average molecular weight is 1040 g/mol. The van der Waals surface area contributed by atoms with Crippen LogP contribution in [-0.2, 0) is 11.2 Å². The molecular weight excluding hydrogens is 985 g/mol. The summed E-state index contributed by atoms with van der Waals surface area (Å²) in [5.41, 5.74) is 6.78. The lowest BCUT2D eigenvalue weighted by molar-refractivity contribution is -0.115. The van der Waals surface area contributed by atoms with Gasteiger partial charge in [0, 0.05) is 69.9 Å². The molecule has 0 amide bonds. The number of nitrogens with one attached hydrogen (secondary N) is 2. The number of hydrogen-bond donors (Lipinski definition) is 6. The van der Waals surface area contributed by atoms with E-state index in [2.05, 4.69) is 104 Å². The Balaban J connectivity index is 0.000000135. The molecule has 4 aliphatic rings. The first-order valence-corrected chi connectivity index (χ1v) is 26.3. The second kappa shape index (κ2) is 23.0. The minimum absolute atomic E-state index is 0.0407. The first kappa shape index (κ1) is 51.8. The van der Waals surface area contributed by atoms with Gasteiger partial charge in [-0.15, -0.1) is 22.7 Å². The smallest absolute Gasteiger partial charge is 0.339 e. The molecule has 12 rings (SSSR count). The van der Waals surface area contributed by atoms with Gasteiger partial charge >= 0.3 is 11.9 Å². The molecule has 75 heavy (non-hydrogen) atoms. The fraction of sp³-hybridized carbons (Fsp3) is 0.224. The standard InChI is InChI=1S/C23H16O6.2C16H18N4S.C3H6O/c24-20-16(14-7-3-1-5-12(14)9-18(20)22(26)27)11-17-15-8-4-2-6-13(15)10-19(21(17)25)23(28)29;2*1-19-7-9-20(10-8-19)15-12-6-11-21-16(12)18-14-5-3-2-4-13(14)17-15;1-3(2)4/h1-10,24-25H,11H2,(H,26,27)(H,28,29);2*2-6,11,18H,7-10H2,1H3;1-2H3. The van der Waals surface area contributed by atoms with Crippen LogP contribution in [0.15, 0.2) is 142 Å². The fourth-order valence-corrected chi connectivity index (χ4v) is 10.9. The molecule has 2 fully saturated rings. The van der Waals surface area contributed by atoms with Crippen molar-refractivity contribution in [1.82, 2.24) is 19.6 Å². The number of carboxylic acids is 2. The number of fused-ring (bicyclic) bond motifs is 6. The molecule has 2 aromatic heterocycles. The zero-order chi connectivity index (χ0) is 52.8. The number of phenols is 2. The number of carboxylic acid groups (broad SMARTS) is 2. The zero-order valence-electron chi connectivity index (χ0n) is 42.1. The third kappa shape index (κ3) is 11.7. The van der Waals surface area contributed by atoms with E-state index in [9.17, 15) is 34.8 Å². The summed E-state index contributed by atoms with van der Waals surface area (Å²) in [7, 11) is 4.36. The van der Waals surface area contributed by atoms with E-state index >= 15 is 0 Å². The number of aromatic carboxylic acids is 2. The summed E-state index contributed by atoms with van der Waals surface area (Å²) in [6.45, 7) is 11.6. The number of carbonyl (C=O) groups is 3. The van der Waals surface area contributed by atoms with Crippen LogP contribution < -0.4 is 10.6 Å². The Labute approximate surface area is 443 Å². The van der Waals surface area contributed by atoms with E-state index in [1.54, 1.807) is 71.2 Å². The van der Waals surface area contributed by atoms with Gasteiger partial charge < -0.3 is 55.5 Å². The number of likely N-dealkylation sites (N-methyl/N-ethyl adjacent to an activating group) is 2. The quantitative estimate of drug-likeness (QED) is 0.0976. The van der Waals surface area contributed by atoms with Gasteiger partial charge in [0.05, 0.1) is 33.9 Å². The second-order valence-corrected chi connectivity index (χ2v) is 20.5. The molecule has 4 aliphatic heterocycles. The van der Waals surface area contributed by atoms with Crippen LogP contribution in [-0.4, -0.2) is 136 Å². The van der Waals surface area contributed by atoms with E-state index in [4.69, 9.17) is 9.98 Å². The highest BCUT2D eigenvalue weighted by atomic mass is 32.1. The molecule has 0 atom stereocenters. The lowest BCUT2D eigenvalue weighted by Crippen LogP contribution is -2.47. The zero-order valence-corrected chi connectivity index (χ0v) is 43.7. The Kier molecular flexibility index (Phi) is 15.9. The number of hydrogen-bond acceptors (Lipinski definition) is 15. The Bertz CT molecular complexity index is 3260. The van der Waals surface area contributed by atoms with Gasteiger partial charge in [0.25, 0.3) is 0 Å². The van der Waals surface area contributed by atoms with Gasteiger partial charge in [-0.1, -0.05) is 72.8 Å². The molecule has 6 N–H and O–H groups in total. The first-order chi connectivity index (χ1) is 36.2. The number of piperazine rings is 2. The molecule has 0 bridgehead atoms. The first-order valence-electron chi connectivity index (χ1n) is 24.6. The van der Waals surface area contributed by atoms with Crippen molar-refractivity contribution in [1.29, 1.82) is 0 Å². The van der Waals surface area contributed by atoms with Crippen molar-refractivity contribution in [2.45, 2.75) is 20.3 Å². The number of aromatic hydroxyl groups is 2. The summed E-state index contributed by atoms with van der Waals surface area (Å²) in [6, 6.07) is 37.7. The molecule has 6 heterocycles. The van der Waals surface area contributed by atoms with Crippen LogP contribution in [0.4, 0.5) is 32.8 Å². The fourth-order valence-electron chi connectivity index (χ4n) is 9.31. The summed E-state index contributed by atoms with van der Waals surface area (Å²) in [5.74, 6) is -0.972. The predicted molar refractivity (Wildman–Crippen MR) is 303 cm³/mol. The highest BCUT2D eigenvalue weighted by Crippen LogP contribution is 2.41. The Morgan fingerprint density at radius 1 is 0.533 bits per heavy atom. The number of carbonyl (C=O) groups excluding carboxylic acids is 1. The normalized spacial score (nSPS) is 14.9. The van der Waals surface area contributed by atoms with Gasteiger partial charge in [-0.3, -0.25) is 0 Å². The van der Waals surface area contributed by atoms with Crippen molar-refractivity contribution < 1.29 is 34.8 Å². The molecule has 2 saturated heterocycles. The monoisotopic (exact) mass is 1040 g/mol. The molecule has 17 heteroatoms. The van der Waals surface area contributed by atoms with Crippen LogP contribution >= 0.6 is 22.7 Å². The third-order valence-corrected chi connectivity index (χ3v) is 14.9. The Morgan fingerprint density at radius 2 is 0.893 bits per heavy atom. The van der Waals surface area contributed by atoms with Crippen LogP contribution in [0.5, 0.6) is 11.5 Å². The number of thiophene rings is 2. The number of ketones is 1. The van der Waals surface area contributed by atoms with Gasteiger partial charge in [0.1, 0.15) is 50.1 Å². The largest absolute Gasteiger partial charge is 0.507 e. The van der Waals surface area contributed by atoms with E-state index in [0.717, 1.165) is 86.8 Å². The number of nitrogens with zero attached hydrogens (tertiary/aromatic N) is 6. The third-order valence-electron chi connectivity index (χ3n) is 13.2. The van der Waals surface area contributed by atoms with Crippen LogP contribution in [0.1, 0.15) is 56.8 Å². The molecule has 0 saturated carbocycles. The Morgan fingerprint density at radius 3 is 1.28 bits per heavy atom. The van der Waals surface area contributed by atoms with Crippen LogP contribution in [0.2, 0.25) is 0 Å². The topological polar surface area (TPSA) is 194 Å². The maximum absolute atomic E-state index is 11.6. The van der Waals surface area contributed by atoms with Crippen molar-refractivity contribution in [3.63, 3.8) is 0 Å². The minimum atomic E-state index is -1.28. The summed E-state index contributed by atoms with van der Waals surface area (Å²) in [5, 5.41) is 56.5. The van der Waals surface area contributed by atoms with Gasteiger partial charge in [-0.05, 0) is 109 Å². The minimum Gasteiger partial charge on any atom is -0.507 e. The molecule has 8 aromatic rings. The van der Waals surface area contributed by atoms with Crippen molar-refractivity contribution in [3.8, 4) is 11.5 Å². The van der Waals surface area contributed by atoms with Crippen LogP contribution in [0, 0.1) is 0 Å². The van der Waals surface area contributed by atoms with Gasteiger partial charge in [0.2, 0.25) is 0 Å². The molecular formula is C58H58N8O7S2. The summed E-state index contributed by atoms with van der Waals surface area (Å²) >= 11 is 3.48. The number of aliphatic imine (C=N–C) groups is 2. The highest BCUT2D eigenvalue weighted by Gasteiger charge is 2.27. The average Bonchev–Trinajstić information content (AvgIpc) is 4.00. The van der Waals surface area contributed by atoms with Gasteiger partial charge in [-0.2, -0.15) is 0 Å². The molecule has 0 radical (unpaired) electrons. The van der Waals surface area contributed by atoms with Crippen LogP contribution in [0.3, 0.4) is 0 Å². The molecule has 384 valence electrons. The lowest BCUT2D eigenvalue weighted by Gasteiger charge is -2.34. The molecule has 0 spiro atoms. The number of Topliss-reactive ketones (excluding diaryl/α,β-unsaturated/α-hetero) is 1. The number of amidine groups is 2. The van der Waals surface area contributed by atoms with Crippen LogP contribution in [0.25, 0.3) is 21.5 Å². The second-order valence-electron chi connectivity index (χ2n) is 18.7. The number of para-hydroxylation sites is 4. The van der Waals surface area contributed by atoms with E-state index in [1.807, 2.05) is 12.1 Å². The van der Waals surface area contributed by atoms with Gasteiger partial charge in [0.15, 0.2) is 0 Å². The summed E-state index contributed by atoms with van der Waals surface area (Å²) in [4.78, 5) is 52.2. The summed E-state index contributed by atoms with van der Waals surface area (Å²) in [6.07, 6.45) is -0.0407. The molecule has 6 aromatic carbocycles. The maximum Gasteiger partial charge on any atom is 0.339 e. The van der Waals surface area contributed by atoms with Crippen molar-refractivity contribution in [3.05, 3.63) is 165 Å². The van der Waals surface area contributed by atoms with E-state index in [0.29, 0.717) is 32.7 Å². The maximum atomic E-state index is 11.6. The summed E-state index contributed by atoms with van der Waals surface area (Å²) < 4.78 is 0. The SMILES string of the molecule is CC(C)=O.CN1CCN(C2=Nc3ccccc3Nc3sccc32)CC1.CN1CCN(C2=Nc3ccccc3Nc3sccc32)CC1.O=C(O)c1cc2ccccc2c(Cc2c(O)c(C(=O)O)cc3ccccc23)c1O. The highest BCUT2D eigenvalue weighted by molar-refractivity contribution is 7.15. The van der Waals surface area contributed by atoms with Crippen molar-refractivity contribution in [2.75, 3.05) is 77.1 Å². The molecule has 0 unspecified atom stereocenters. The van der Waals surface area contributed by atoms with E-state index in [-0.39, 0.29) is 23.3 Å². The predicted octanol–water partition coefficient (Wildman–Crippen LogP) is 11.2. The van der Waals surface area contributed by atoms with E-state index < -0.39 is 23.4 Å².